The molecule has 8 N–H and O–H groups in total. The first kappa shape index (κ1) is 31.2. The SMILES string of the molecule is Nc1nc(NC(=O)CCCC(=O)Nc2ccn(C3OC(CO)C(O)C3(F)F)c(=O)n2)c2ncn(C3CC(O)C(CO)O3)c2n1. The lowest BCUT2D eigenvalue weighted by Crippen LogP contribution is -2.41. The molecule has 6 atom stereocenters. The van der Waals surface area contributed by atoms with Gasteiger partial charge in [-0.15, -0.1) is 0 Å². The number of anilines is 3. The number of fused-ring (bicyclic) bond motifs is 1. The molecule has 44 heavy (non-hydrogen) atoms. The van der Waals surface area contributed by atoms with E-state index in [0.29, 0.717) is 4.57 Å². The van der Waals surface area contributed by atoms with Gasteiger partial charge >= 0.3 is 11.6 Å². The summed E-state index contributed by atoms with van der Waals surface area (Å²) in [6, 6.07) is 1.08. The quantitative estimate of drug-likeness (QED) is 0.132. The number of rotatable bonds is 10. The Bertz CT molecular complexity index is 1600. The summed E-state index contributed by atoms with van der Waals surface area (Å²) >= 11 is 0. The molecule has 5 rings (SSSR count). The van der Waals surface area contributed by atoms with E-state index in [1.807, 2.05) is 0 Å². The number of carbonyl (C=O) groups excluding carboxylic acids is 2. The van der Waals surface area contributed by atoms with E-state index in [1.54, 1.807) is 0 Å². The molecule has 0 aliphatic carbocycles. The Labute approximate surface area is 245 Å². The highest BCUT2D eigenvalue weighted by Crippen LogP contribution is 2.42. The van der Waals surface area contributed by atoms with Crippen molar-refractivity contribution in [2.75, 3.05) is 29.6 Å². The molecule has 2 saturated heterocycles. The zero-order valence-electron chi connectivity index (χ0n) is 22.8. The van der Waals surface area contributed by atoms with Crippen molar-refractivity contribution in [3.63, 3.8) is 0 Å². The average Bonchev–Trinajstić information content (AvgIpc) is 3.62. The Hall–Kier alpha value is -4.21. The predicted molar refractivity (Wildman–Crippen MR) is 143 cm³/mol. The molecule has 2 aliphatic rings. The van der Waals surface area contributed by atoms with Crippen LogP contribution in [0.2, 0.25) is 0 Å². The number of ether oxygens (including phenoxy) is 2. The zero-order valence-corrected chi connectivity index (χ0v) is 22.8. The van der Waals surface area contributed by atoms with E-state index in [4.69, 9.17) is 20.3 Å². The van der Waals surface area contributed by atoms with Crippen LogP contribution in [0.3, 0.4) is 0 Å². The van der Waals surface area contributed by atoms with Gasteiger partial charge in [0.1, 0.15) is 24.3 Å². The van der Waals surface area contributed by atoms with Crippen molar-refractivity contribution in [3.05, 3.63) is 29.1 Å². The largest absolute Gasteiger partial charge is 0.394 e. The number of carbonyl (C=O) groups is 2. The third-order valence-electron chi connectivity index (χ3n) is 7.11. The van der Waals surface area contributed by atoms with E-state index in [2.05, 4.69) is 30.6 Å². The van der Waals surface area contributed by atoms with Gasteiger partial charge in [0.25, 0.3) is 0 Å². The number of imidazole rings is 1. The van der Waals surface area contributed by atoms with Crippen LogP contribution < -0.4 is 22.1 Å². The fourth-order valence-electron chi connectivity index (χ4n) is 4.87. The van der Waals surface area contributed by atoms with Crippen LogP contribution in [0.4, 0.5) is 26.4 Å². The lowest BCUT2D eigenvalue weighted by atomic mass is 10.1. The molecule has 5 heterocycles. The van der Waals surface area contributed by atoms with Crippen molar-refractivity contribution < 1.29 is 48.3 Å². The number of halogens is 2. The molecule has 0 bridgehead atoms. The van der Waals surface area contributed by atoms with Gasteiger partial charge in [-0.3, -0.25) is 18.7 Å². The number of hydrogen-bond donors (Lipinski definition) is 7. The molecule has 238 valence electrons. The monoisotopic (exact) mass is 625 g/mol. The lowest BCUT2D eigenvalue weighted by molar-refractivity contribution is -0.141. The molecule has 2 amide bonds. The second-order valence-electron chi connectivity index (χ2n) is 10.2. The van der Waals surface area contributed by atoms with Crippen molar-refractivity contribution in [2.24, 2.45) is 0 Å². The predicted octanol–water partition coefficient (Wildman–Crippen LogP) is -1.76. The van der Waals surface area contributed by atoms with Crippen molar-refractivity contribution in [2.45, 2.75) is 68.5 Å². The van der Waals surface area contributed by atoms with Gasteiger partial charge in [0.2, 0.25) is 24.0 Å². The van der Waals surface area contributed by atoms with Crippen LogP contribution in [-0.2, 0) is 19.1 Å². The molecule has 2 aliphatic heterocycles. The van der Waals surface area contributed by atoms with Gasteiger partial charge in [-0.25, -0.2) is 9.78 Å². The average molecular weight is 626 g/mol. The highest BCUT2D eigenvalue weighted by molar-refractivity contribution is 5.97. The van der Waals surface area contributed by atoms with Gasteiger partial charge in [0, 0.05) is 25.5 Å². The van der Waals surface area contributed by atoms with Crippen LogP contribution in [0.5, 0.6) is 0 Å². The number of hydrogen-bond acceptors (Lipinski definition) is 14. The highest BCUT2D eigenvalue weighted by atomic mass is 19.3. The van der Waals surface area contributed by atoms with Crippen LogP contribution in [0.15, 0.2) is 23.4 Å². The number of amides is 2. The van der Waals surface area contributed by atoms with Gasteiger partial charge in [-0.2, -0.15) is 23.7 Å². The van der Waals surface area contributed by atoms with Crippen molar-refractivity contribution in [1.82, 2.24) is 29.1 Å². The first-order valence-electron chi connectivity index (χ1n) is 13.4. The number of nitrogens with one attached hydrogen (secondary N) is 2. The van der Waals surface area contributed by atoms with E-state index in [-0.39, 0.29) is 61.0 Å². The number of aromatic nitrogens is 6. The number of aliphatic hydroxyl groups is 4. The molecule has 3 aromatic rings. The smallest absolute Gasteiger partial charge is 0.351 e. The minimum atomic E-state index is -3.88. The minimum Gasteiger partial charge on any atom is -0.394 e. The Kier molecular flexibility index (Phi) is 8.81. The van der Waals surface area contributed by atoms with Crippen molar-refractivity contribution >= 4 is 40.6 Å². The molecule has 2 fully saturated rings. The lowest BCUT2D eigenvalue weighted by Gasteiger charge is -2.21. The highest BCUT2D eigenvalue weighted by Gasteiger charge is 2.59. The van der Waals surface area contributed by atoms with Gasteiger partial charge in [-0.05, 0) is 12.5 Å². The summed E-state index contributed by atoms with van der Waals surface area (Å²) in [5.41, 5.74) is 5.04. The van der Waals surface area contributed by atoms with Crippen LogP contribution in [-0.4, -0.2) is 105 Å². The summed E-state index contributed by atoms with van der Waals surface area (Å²) in [7, 11) is 0. The Morgan fingerprint density at radius 1 is 1.05 bits per heavy atom. The summed E-state index contributed by atoms with van der Waals surface area (Å²) in [5, 5.41) is 43.1. The van der Waals surface area contributed by atoms with E-state index in [9.17, 15) is 38.5 Å². The van der Waals surface area contributed by atoms with Crippen LogP contribution in [0.25, 0.3) is 11.2 Å². The van der Waals surface area contributed by atoms with E-state index in [0.717, 1.165) is 12.3 Å². The van der Waals surface area contributed by atoms with Crippen molar-refractivity contribution in [1.29, 1.82) is 0 Å². The normalized spacial score (nSPS) is 26.2. The molecular formula is C24H29F2N9O9. The standard InChI is InChI=1S/C24H29F2N9O9/c25-24(26)18(41)12(8-37)44-21(24)34-5-4-13(30-23(34)42)29-14(39)2-1-3-15(40)31-19-17-20(33-22(27)32-19)35(9-28-17)16-6-10(38)11(7-36)43-16/h4-5,9-12,16,18,21,36-38,41H,1-3,6-8H2,(H,29,30,39,42)(H3,27,31,32,33,40). The Balaban J connectivity index is 1.15. The molecule has 20 heteroatoms. The first-order valence-corrected chi connectivity index (χ1v) is 13.4. The number of nitrogen functional groups attached to an aromatic ring is 1. The van der Waals surface area contributed by atoms with E-state index >= 15 is 0 Å². The molecule has 0 aromatic carbocycles. The molecule has 18 nitrogen and oxygen atoms in total. The maximum Gasteiger partial charge on any atom is 0.351 e. The van der Waals surface area contributed by atoms with Gasteiger partial charge < -0.3 is 46.3 Å². The Morgan fingerprint density at radius 3 is 2.39 bits per heavy atom. The molecule has 0 spiro atoms. The summed E-state index contributed by atoms with van der Waals surface area (Å²) in [6.07, 6.45) is -6.30. The number of alkyl halides is 2. The van der Waals surface area contributed by atoms with Crippen LogP contribution >= 0.6 is 0 Å². The summed E-state index contributed by atoms with van der Waals surface area (Å²) in [6.45, 7) is -1.27. The fourth-order valence-corrected chi connectivity index (χ4v) is 4.87. The van der Waals surface area contributed by atoms with Gasteiger partial charge in [0.15, 0.2) is 23.1 Å². The van der Waals surface area contributed by atoms with Crippen LogP contribution in [0, 0.1) is 0 Å². The maximum absolute atomic E-state index is 14.3. The third-order valence-corrected chi connectivity index (χ3v) is 7.11. The minimum absolute atomic E-state index is 0.0115. The van der Waals surface area contributed by atoms with Gasteiger partial charge in [0.05, 0.1) is 25.6 Å². The first-order chi connectivity index (χ1) is 20.9. The van der Waals surface area contributed by atoms with Crippen LogP contribution in [0.1, 0.15) is 38.1 Å². The molecule has 3 aromatic heterocycles. The summed E-state index contributed by atoms with van der Waals surface area (Å²) < 4.78 is 41.2. The summed E-state index contributed by atoms with van der Waals surface area (Å²) in [5.74, 6) is -5.43. The number of aliphatic hydroxyl groups excluding tert-OH is 4. The van der Waals surface area contributed by atoms with E-state index in [1.165, 1.54) is 10.9 Å². The molecular weight excluding hydrogens is 596 g/mol. The zero-order chi connectivity index (χ0) is 31.8. The maximum atomic E-state index is 14.3. The third kappa shape index (κ3) is 6.07. The van der Waals surface area contributed by atoms with E-state index < -0.39 is 66.9 Å². The molecule has 6 unspecified atom stereocenters. The fraction of sp³-hybridized carbons (Fsp3) is 0.542. The topological polar surface area (TPSA) is 262 Å². The Morgan fingerprint density at radius 2 is 1.75 bits per heavy atom. The number of nitrogens with two attached hydrogens (primary N) is 1. The van der Waals surface area contributed by atoms with Crippen molar-refractivity contribution in [3.8, 4) is 0 Å². The van der Waals surface area contributed by atoms with Gasteiger partial charge in [-0.1, -0.05) is 0 Å². The number of nitrogens with zero attached hydrogens (tertiary/aromatic N) is 6. The molecule has 0 radical (unpaired) electrons. The second kappa shape index (κ2) is 12.4. The summed E-state index contributed by atoms with van der Waals surface area (Å²) in [4.78, 5) is 53.2. The second-order valence-corrected chi connectivity index (χ2v) is 10.2. The molecule has 0 saturated carbocycles.